The van der Waals surface area contributed by atoms with E-state index in [1.54, 1.807) is 32.4 Å². The van der Waals surface area contributed by atoms with Crippen LogP contribution in [0.5, 0.6) is 11.5 Å². The molecule has 2 aliphatic rings. The third-order valence-corrected chi connectivity index (χ3v) is 6.27. The van der Waals surface area contributed by atoms with Crippen LogP contribution in [0.2, 0.25) is 0 Å². The molecule has 1 aliphatic heterocycles. The Morgan fingerprint density at radius 2 is 1.89 bits per heavy atom. The number of hydrogen-bond donors (Lipinski definition) is 1. The largest absolute Gasteiger partial charge is 0.497 e. The Kier molecular flexibility index (Phi) is 4.78. The van der Waals surface area contributed by atoms with Crippen molar-refractivity contribution in [3.05, 3.63) is 46.2 Å². The van der Waals surface area contributed by atoms with E-state index >= 15 is 0 Å². The molecule has 1 aromatic heterocycles. The number of carbonyl (C=O) groups excluding carboxylic acids is 2. The third kappa shape index (κ3) is 3.39. The Morgan fingerprint density at radius 1 is 1.15 bits per heavy atom. The van der Waals surface area contributed by atoms with Crippen LogP contribution in [0, 0.1) is 5.92 Å². The van der Waals surface area contributed by atoms with Crippen LogP contribution >= 0.6 is 11.3 Å². The minimum Gasteiger partial charge on any atom is -0.497 e. The number of benzene rings is 1. The van der Waals surface area contributed by atoms with Gasteiger partial charge in [-0.15, -0.1) is 11.3 Å². The lowest BCUT2D eigenvalue weighted by Gasteiger charge is -2.33. The van der Waals surface area contributed by atoms with Crippen molar-refractivity contribution in [3.63, 3.8) is 0 Å². The summed E-state index contributed by atoms with van der Waals surface area (Å²) in [4.78, 5) is 28.1. The molecule has 142 valence electrons. The van der Waals surface area contributed by atoms with Crippen molar-refractivity contribution in [2.45, 2.75) is 24.9 Å². The van der Waals surface area contributed by atoms with Crippen LogP contribution in [0.3, 0.4) is 0 Å². The van der Waals surface area contributed by atoms with Gasteiger partial charge in [0.25, 0.3) is 11.8 Å². The highest BCUT2D eigenvalue weighted by Gasteiger charge is 2.47. The Labute approximate surface area is 162 Å². The molecule has 6 nitrogen and oxygen atoms in total. The highest BCUT2D eigenvalue weighted by molar-refractivity contribution is 7.12. The smallest absolute Gasteiger partial charge is 0.261 e. The molecule has 1 saturated heterocycles. The molecule has 0 radical (unpaired) electrons. The fourth-order valence-electron chi connectivity index (χ4n) is 4.16. The number of likely N-dealkylation sites (tertiary alicyclic amines) is 1. The predicted octanol–water partition coefficient (Wildman–Crippen LogP) is 2.80. The fraction of sp³-hybridized carbons (Fsp3) is 0.400. The lowest BCUT2D eigenvalue weighted by Crippen LogP contribution is -2.51. The van der Waals surface area contributed by atoms with Crippen LogP contribution in [-0.4, -0.2) is 49.6 Å². The first kappa shape index (κ1) is 17.9. The Bertz CT molecular complexity index is 829. The second kappa shape index (κ2) is 7.23. The number of nitrogens with one attached hydrogen (secondary N) is 1. The molecule has 4 rings (SSSR count). The number of methoxy groups -OCH3 is 2. The van der Waals surface area contributed by atoms with Gasteiger partial charge < -0.3 is 19.7 Å². The molecule has 1 aromatic carbocycles. The molecule has 1 aliphatic carbocycles. The second-order valence-electron chi connectivity index (χ2n) is 7.02. The lowest BCUT2D eigenvalue weighted by atomic mass is 10.0. The number of amides is 2. The maximum Gasteiger partial charge on any atom is 0.261 e. The van der Waals surface area contributed by atoms with Gasteiger partial charge >= 0.3 is 0 Å². The van der Waals surface area contributed by atoms with E-state index in [0.29, 0.717) is 27.9 Å². The third-order valence-electron chi connectivity index (χ3n) is 5.40. The lowest BCUT2D eigenvalue weighted by molar-refractivity contribution is 0.0648. The number of carbonyl (C=O) groups is 2. The van der Waals surface area contributed by atoms with Gasteiger partial charge in [-0.25, -0.2) is 0 Å². The SMILES string of the molecule is COc1cc(OC)cc(C(=O)N2C[C@@H]3C[C@H](NC(=O)c4cccs4)[C@H]2C3)c1. The number of piperidine rings is 1. The average molecular weight is 386 g/mol. The van der Waals surface area contributed by atoms with Crippen LogP contribution in [0.1, 0.15) is 32.9 Å². The molecule has 2 amide bonds. The van der Waals surface area contributed by atoms with E-state index < -0.39 is 0 Å². The minimum atomic E-state index is -0.0574. The standard InChI is InChI=1S/C20H22N2O4S/c1-25-14-8-13(9-15(10-14)26-2)20(24)22-11-12-6-16(17(22)7-12)21-19(23)18-4-3-5-27-18/h3-5,8-10,12,16-17H,6-7,11H2,1-2H3,(H,21,23)/t12-,16+,17-/m1/s1. The van der Waals surface area contributed by atoms with Crippen molar-refractivity contribution in [2.75, 3.05) is 20.8 Å². The highest BCUT2D eigenvalue weighted by atomic mass is 32.1. The van der Waals surface area contributed by atoms with Gasteiger partial charge in [0.2, 0.25) is 0 Å². The molecule has 2 bridgehead atoms. The van der Waals surface area contributed by atoms with Crippen molar-refractivity contribution in [3.8, 4) is 11.5 Å². The summed E-state index contributed by atoms with van der Waals surface area (Å²) < 4.78 is 10.6. The van der Waals surface area contributed by atoms with Crippen molar-refractivity contribution in [2.24, 2.45) is 5.92 Å². The summed E-state index contributed by atoms with van der Waals surface area (Å²) in [5, 5.41) is 5.01. The summed E-state index contributed by atoms with van der Waals surface area (Å²) in [5.74, 6) is 1.50. The zero-order valence-electron chi connectivity index (χ0n) is 15.3. The first-order valence-electron chi connectivity index (χ1n) is 8.97. The van der Waals surface area contributed by atoms with Crippen LogP contribution in [0.15, 0.2) is 35.7 Å². The molecule has 27 heavy (non-hydrogen) atoms. The van der Waals surface area contributed by atoms with Crippen molar-refractivity contribution in [1.82, 2.24) is 10.2 Å². The topological polar surface area (TPSA) is 67.9 Å². The minimum absolute atomic E-state index is 0.00481. The highest BCUT2D eigenvalue weighted by Crippen LogP contribution is 2.39. The van der Waals surface area contributed by atoms with E-state index in [-0.39, 0.29) is 23.9 Å². The molecule has 0 unspecified atom stereocenters. The number of thiophene rings is 1. The van der Waals surface area contributed by atoms with Crippen molar-refractivity contribution in [1.29, 1.82) is 0 Å². The van der Waals surface area contributed by atoms with Gasteiger partial charge in [0.1, 0.15) is 11.5 Å². The maximum absolute atomic E-state index is 13.1. The van der Waals surface area contributed by atoms with Gasteiger partial charge in [-0.1, -0.05) is 6.07 Å². The summed E-state index contributed by atoms with van der Waals surface area (Å²) in [6.07, 6.45) is 1.86. The Morgan fingerprint density at radius 3 is 2.48 bits per heavy atom. The number of hydrogen-bond acceptors (Lipinski definition) is 5. The van der Waals surface area contributed by atoms with E-state index in [0.717, 1.165) is 19.4 Å². The summed E-state index contributed by atoms with van der Waals surface area (Å²) in [5.41, 5.74) is 0.544. The van der Waals surface area contributed by atoms with Crippen LogP contribution in [0.4, 0.5) is 0 Å². The second-order valence-corrected chi connectivity index (χ2v) is 7.97. The zero-order chi connectivity index (χ0) is 19.0. The molecule has 2 fully saturated rings. The van der Waals surface area contributed by atoms with Gasteiger partial charge in [-0.05, 0) is 42.3 Å². The quantitative estimate of drug-likeness (QED) is 0.858. The zero-order valence-corrected chi connectivity index (χ0v) is 16.1. The van der Waals surface area contributed by atoms with Crippen LogP contribution < -0.4 is 14.8 Å². The van der Waals surface area contributed by atoms with E-state index in [4.69, 9.17) is 9.47 Å². The van der Waals surface area contributed by atoms with E-state index in [2.05, 4.69) is 5.32 Å². The molecule has 2 heterocycles. The van der Waals surface area contributed by atoms with Crippen molar-refractivity contribution < 1.29 is 19.1 Å². The average Bonchev–Trinajstić information content (AvgIpc) is 3.43. The van der Waals surface area contributed by atoms with Crippen LogP contribution in [-0.2, 0) is 0 Å². The molecule has 7 heteroatoms. The molecular weight excluding hydrogens is 364 g/mol. The molecule has 1 N–H and O–H groups in total. The maximum atomic E-state index is 13.1. The van der Waals surface area contributed by atoms with E-state index in [9.17, 15) is 9.59 Å². The van der Waals surface area contributed by atoms with E-state index in [1.807, 2.05) is 22.4 Å². The Hall–Kier alpha value is -2.54. The Balaban J connectivity index is 1.51. The molecule has 2 aromatic rings. The van der Waals surface area contributed by atoms with Gasteiger partial charge in [-0.2, -0.15) is 0 Å². The number of nitrogens with zero attached hydrogens (tertiary/aromatic N) is 1. The molecule has 1 saturated carbocycles. The summed E-state index contributed by atoms with van der Waals surface area (Å²) in [6.45, 7) is 0.731. The van der Waals surface area contributed by atoms with Gasteiger partial charge in [0.05, 0.1) is 25.1 Å². The first-order valence-corrected chi connectivity index (χ1v) is 9.85. The van der Waals surface area contributed by atoms with Crippen molar-refractivity contribution >= 4 is 23.2 Å². The molecule has 3 atom stereocenters. The summed E-state index contributed by atoms with van der Waals surface area (Å²) in [6, 6.07) is 8.92. The normalized spacial score (nSPS) is 23.3. The number of fused-ring (bicyclic) bond motifs is 2. The van der Waals surface area contributed by atoms with Crippen LogP contribution in [0.25, 0.3) is 0 Å². The first-order chi connectivity index (χ1) is 13.1. The monoisotopic (exact) mass is 386 g/mol. The van der Waals surface area contributed by atoms with Gasteiger partial charge in [-0.3, -0.25) is 9.59 Å². The number of rotatable bonds is 5. The fourth-order valence-corrected chi connectivity index (χ4v) is 4.78. The summed E-state index contributed by atoms with van der Waals surface area (Å²) in [7, 11) is 3.13. The molecule has 0 spiro atoms. The summed E-state index contributed by atoms with van der Waals surface area (Å²) >= 11 is 1.43. The van der Waals surface area contributed by atoms with E-state index in [1.165, 1.54) is 11.3 Å². The molecular formula is C20H22N2O4S. The number of ether oxygens (including phenoxy) is 2. The van der Waals surface area contributed by atoms with Gasteiger partial charge in [0, 0.05) is 24.2 Å². The van der Waals surface area contributed by atoms with Gasteiger partial charge in [0.15, 0.2) is 0 Å². The predicted molar refractivity (Wildman–Crippen MR) is 103 cm³/mol.